The van der Waals surface area contributed by atoms with E-state index in [0.717, 1.165) is 17.1 Å². The topological polar surface area (TPSA) is 47.6 Å². The summed E-state index contributed by atoms with van der Waals surface area (Å²) >= 11 is 0. The summed E-state index contributed by atoms with van der Waals surface area (Å²) < 4.78 is 11.4. The highest BCUT2D eigenvalue weighted by Crippen LogP contribution is 2.22. The van der Waals surface area contributed by atoms with Crippen LogP contribution in [0.2, 0.25) is 0 Å². The van der Waals surface area contributed by atoms with Crippen LogP contribution in [0.4, 0.5) is 0 Å². The first-order chi connectivity index (χ1) is 11.6. The molecule has 0 heterocycles. The van der Waals surface area contributed by atoms with Gasteiger partial charge in [0.1, 0.15) is 18.1 Å². The van der Waals surface area contributed by atoms with Crippen molar-refractivity contribution in [1.29, 1.82) is 0 Å². The number of ether oxygens (including phenoxy) is 2. The second kappa shape index (κ2) is 8.96. The smallest absolute Gasteiger partial charge is 0.251 e. The van der Waals surface area contributed by atoms with E-state index < -0.39 is 0 Å². The van der Waals surface area contributed by atoms with E-state index in [2.05, 4.69) is 19.2 Å². The largest absolute Gasteiger partial charge is 0.493 e. The second-order valence-electron chi connectivity index (χ2n) is 5.96. The first kappa shape index (κ1) is 17.9. The maximum atomic E-state index is 12.3. The minimum absolute atomic E-state index is 0.0762. The Morgan fingerprint density at radius 1 is 1.08 bits per heavy atom. The van der Waals surface area contributed by atoms with E-state index in [1.54, 1.807) is 6.07 Å². The highest BCUT2D eigenvalue weighted by atomic mass is 16.5. The van der Waals surface area contributed by atoms with Gasteiger partial charge < -0.3 is 14.8 Å². The first-order valence-corrected chi connectivity index (χ1v) is 8.32. The lowest BCUT2D eigenvalue weighted by atomic mass is 10.1. The van der Waals surface area contributed by atoms with E-state index >= 15 is 0 Å². The molecule has 0 fully saturated rings. The zero-order valence-corrected chi connectivity index (χ0v) is 14.5. The van der Waals surface area contributed by atoms with Gasteiger partial charge in [-0.25, -0.2) is 0 Å². The molecule has 1 N–H and O–H groups in total. The van der Waals surface area contributed by atoms with Gasteiger partial charge in [-0.15, -0.1) is 0 Å². The molecule has 0 unspecified atom stereocenters. The van der Waals surface area contributed by atoms with Crippen LogP contribution in [0.3, 0.4) is 0 Å². The monoisotopic (exact) mass is 327 g/mol. The fourth-order valence-corrected chi connectivity index (χ4v) is 2.21. The Hall–Kier alpha value is -2.49. The highest BCUT2D eigenvalue weighted by molar-refractivity contribution is 5.94. The van der Waals surface area contributed by atoms with Crippen LogP contribution in [0, 0.1) is 5.92 Å². The third-order valence-corrected chi connectivity index (χ3v) is 3.43. The molecular weight excluding hydrogens is 302 g/mol. The lowest BCUT2D eigenvalue weighted by molar-refractivity contribution is 0.0949. The Labute approximate surface area is 143 Å². The molecule has 2 aromatic carbocycles. The number of amides is 1. The summed E-state index contributed by atoms with van der Waals surface area (Å²) in [5.41, 5.74) is 1.48. The normalized spacial score (nSPS) is 10.5. The minimum atomic E-state index is -0.0762. The minimum Gasteiger partial charge on any atom is -0.493 e. The van der Waals surface area contributed by atoms with Crippen LogP contribution in [0.5, 0.6) is 11.5 Å². The van der Waals surface area contributed by atoms with Gasteiger partial charge in [0, 0.05) is 17.7 Å². The Morgan fingerprint density at radius 2 is 1.83 bits per heavy atom. The molecule has 0 radical (unpaired) electrons. The van der Waals surface area contributed by atoms with Crippen molar-refractivity contribution in [1.82, 2.24) is 5.32 Å². The van der Waals surface area contributed by atoms with Crippen LogP contribution in [0.15, 0.2) is 48.5 Å². The Morgan fingerprint density at radius 3 is 2.50 bits per heavy atom. The van der Waals surface area contributed by atoms with Crippen LogP contribution in [0.25, 0.3) is 0 Å². The van der Waals surface area contributed by atoms with Gasteiger partial charge in [-0.2, -0.15) is 0 Å². The summed E-state index contributed by atoms with van der Waals surface area (Å²) in [7, 11) is 0. The van der Waals surface area contributed by atoms with Gasteiger partial charge in [0.05, 0.1) is 6.61 Å². The number of rotatable bonds is 8. The van der Waals surface area contributed by atoms with E-state index in [-0.39, 0.29) is 5.91 Å². The van der Waals surface area contributed by atoms with Crippen molar-refractivity contribution in [2.75, 3.05) is 13.2 Å². The van der Waals surface area contributed by atoms with Gasteiger partial charge in [-0.1, -0.05) is 32.0 Å². The molecule has 0 spiro atoms. The molecule has 0 aliphatic carbocycles. The maximum absolute atomic E-state index is 12.3. The Balaban J connectivity index is 2.13. The standard InChI is InChI=1S/C20H25NO3/c1-4-23-19-11-10-16(20(22)21-13-15(2)3)12-17(19)14-24-18-8-6-5-7-9-18/h5-12,15H,4,13-14H2,1-3H3,(H,21,22). The van der Waals surface area contributed by atoms with Gasteiger partial charge >= 0.3 is 0 Å². The van der Waals surface area contributed by atoms with E-state index in [1.807, 2.05) is 49.4 Å². The summed E-state index contributed by atoms with van der Waals surface area (Å²) in [6.45, 7) is 7.64. The molecule has 0 bridgehead atoms. The molecule has 128 valence electrons. The lowest BCUT2D eigenvalue weighted by Crippen LogP contribution is -2.27. The van der Waals surface area contributed by atoms with Crippen molar-refractivity contribution in [3.8, 4) is 11.5 Å². The quantitative estimate of drug-likeness (QED) is 0.795. The number of benzene rings is 2. The number of nitrogens with one attached hydrogen (secondary N) is 1. The molecule has 0 atom stereocenters. The molecule has 1 amide bonds. The number of para-hydroxylation sites is 1. The fraction of sp³-hybridized carbons (Fsp3) is 0.350. The summed E-state index contributed by atoms with van der Waals surface area (Å²) in [6, 6.07) is 15.0. The van der Waals surface area contributed by atoms with Gasteiger partial charge in [0.25, 0.3) is 5.91 Å². The fourth-order valence-electron chi connectivity index (χ4n) is 2.21. The molecule has 0 aromatic heterocycles. The van der Waals surface area contributed by atoms with Crippen LogP contribution < -0.4 is 14.8 Å². The second-order valence-corrected chi connectivity index (χ2v) is 5.96. The molecule has 24 heavy (non-hydrogen) atoms. The zero-order chi connectivity index (χ0) is 17.4. The van der Waals surface area contributed by atoms with Crippen molar-refractivity contribution in [2.24, 2.45) is 5.92 Å². The van der Waals surface area contributed by atoms with E-state index in [0.29, 0.717) is 31.2 Å². The van der Waals surface area contributed by atoms with Crippen LogP contribution in [-0.2, 0) is 6.61 Å². The van der Waals surface area contributed by atoms with Crippen LogP contribution >= 0.6 is 0 Å². The van der Waals surface area contributed by atoms with Crippen molar-refractivity contribution in [3.05, 3.63) is 59.7 Å². The average Bonchev–Trinajstić information content (AvgIpc) is 2.60. The van der Waals surface area contributed by atoms with Gasteiger partial charge in [0.2, 0.25) is 0 Å². The molecule has 0 aliphatic heterocycles. The van der Waals surface area contributed by atoms with Crippen molar-refractivity contribution in [3.63, 3.8) is 0 Å². The molecule has 4 heteroatoms. The van der Waals surface area contributed by atoms with Crippen molar-refractivity contribution in [2.45, 2.75) is 27.4 Å². The zero-order valence-electron chi connectivity index (χ0n) is 14.5. The third-order valence-electron chi connectivity index (χ3n) is 3.43. The van der Waals surface area contributed by atoms with E-state index in [4.69, 9.17) is 9.47 Å². The molecule has 0 saturated carbocycles. The summed E-state index contributed by atoms with van der Waals surface area (Å²) in [6.07, 6.45) is 0. The number of hydrogen-bond acceptors (Lipinski definition) is 3. The van der Waals surface area contributed by atoms with Gasteiger partial charge in [-0.3, -0.25) is 4.79 Å². The summed E-state index contributed by atoms with van der Waals surface area (Å²) in [4.78, 5) is 12.3. The predicted octanol–water partition coefficient (Wildman–Crippen LogP) is 4.05. The number of hydrogen-bond donors (Lipinski definition) is 1. The molecule has 2 rings (SSSR count). The molecule has 2 aromatic rings. The Bertz CT molecular complexity index is 653. The molecule has 0 aliphatic rings. The lowest BCUT2D eigenvalue weighted by Gasteiger charge is -2.14. The highest BCUT2D eigenvalue weighted by Gasteiger charge is 2.11. The number of carbonyl (C=O) groups is 1. The van der Waals surface area contributed by atoms with Gasteiger partial charge in [-0.05, 0) is 43.2 Å². The van der Waals surface area contributed by atoms with Crippen LogP contribution in [0.1, 0.15) is 36.7 Å². The maximum Gasteiger partial charge on any atom is 0.251 e. The Kier molecular flexibility index (Phi) is 6.67. The van der Waals surface area contributed by atoms with E-state index in [9.17, 15) is 4.79 Å². The SMILES string of the molecule is CCOc1ccc(C(=O)NCC(C)C)cc1COc1ccccc1. The summed E-state index contributed by atoms with van der Waals surface area (Å²) in [5, 5.41) is 2.93. The number of carbonyl (C=O) groups excluding carboxylic acids is 1. The average molecular weight is 327 g/mol. The van der Waals surface area contributed by atoms with Crippen molar-refractivity contribution < 1.29 is 14.3 Å². The summed E-state index contributed by atoms with van der Waals surface area (Å²) in [5.74, 6) is 1.87. The van der Waals surface area contributed by atoms with E-state index in [1.165, 1.54) is 0 Å². The third kappa shape index (κ3) is 5.30. The molecular formula is C20H25NO3. The van der Waals surface area contributed by atoms with Crippen LogP contribution in [-0.4, -0.2) is 19.1 Å². The predicted molar refractivity (Wildman–Crippen MR) is 95.6 cm³/mol. The molecule has 0 saturated heterocycles. The van der Waals surface area contributed by atoms with Gasteiger partial charge in [0.15, 0.2) is 0 Å². The van der Waals surface area contributed by atoms with Crippen molar-refractivity contribution >= 4 is 5.91 Å². The first-order valence-electron chi connectivity index (χ1n) is 8.32. The molecule has 4 nitrogen and oxygen atoms in total.